The minimum Gasteiger partial charge on any atom is -0.454 e. The van der Waals surface area contributed by atoms with Crippen LogP contribution in [0.4, 0.5) is 5.82 Å². The van der Waals surface area contributed by atoms with Gasteiger partial charge in [0.1, 0.15) is 5.69 Å². The molecule has 2 aromatic rings. The van der Waals surface area contributed by atoms with Gasteiger partial charge in [-0.15, -0.1) is 0 Å². The lowest BCUT2D eigenvalue weighted by atomic mass is 9.77. The van der Waals surface area contributed by atoms with E-state index in [0.29, 0.717) is 50.4 Å². The summed E-state index contributed by atoms with van der Waals surface area (Å²) < 4.78 is 16.9. The molecule has 0 bridgehead atoms. The molecule has 1 spiro atoms. The summed E-state index contributed by atoms with van der Waals surface area (Å²) in [5.74, 6) is 1.71. The quantitative estimate of drug-likeness (QED) is 0.753. The number of anilines is 1. The molecule has 2 saturated heterocycles. The van der Waals surface area contributed by atoms with Gasteiger partial charge in [-0.2, -0.15) is 0 Å². The molecule has 0 radical (unpaired) electrons. The average molecular weight is 452 g/mol. The van der Waals surface area contributed by atoms with Crippen LogP contribution in [0, 0.1) is 5.41 Å². The van der Waals surface area contributed by atoms with Crippen LogP contribution in [0.15, 0.2) is 12.3 Å². The van der Waals surface area contributed by atoms with Crippen LogP contribution in [0.3, 0.4) is 0 Å². The zero-order chi connectivity index (χ0) is 20.9. The third-order valence-electron chi connectivity index (χ3n) is 6.30. The molecule has 0 unspecified atom stereocenters. The van der Waals surface area contributed by atoms with E-state index < -0.39 is 0 Å². The van der Waals surface area contributed by atoms with Gasteiger partial charge in [0.2, 0.25) is 6.79 Å². The number of aliphatic hydroxyl groups is 1. The van der Waals surface area contributed by atoms with E-state index in [-0.39, 0.29) is 18.8 Å². The van der Waals surface area contributed by atoms with Crippen molar-refractivity contribution < 1.29 is 19.3 Å². The van der Waals surface area contributed by atoms with Gasteiger partial charge in [-0.05, 0) is 31.6 Å². The highest BCUT2D eigenvalue weighted by Gasteiger charge is 2.41. The number of piperidine rings is 1. The largest absolute Gasteiger partial charge is 0.454 e. The topological polar surface area (TPSA) is 76.9 Å². The van der Waals surface area contributed by atoms with E-state index in [9.17, 15) is 5.11 Å². The van der Waals surface area contributed by atoms with Gasteiger partial charge in [-0.25, -0.2) is 9.97 Å². The van der Waals surface area contributed by atoms with Crippen LogP contribution < -0.4 is 14.4 Å². The fourth-order valence-electron chi connectivity index (χ4n) is 4.72. The van der Waals surface area contributed by atoms with E-state index in [4.69, 9.17) is 37.4 Å². The van der Waals surface area contributed by atoms with Gasteiger partial charge < -0.3 is 24.2 Å². The second-order valence-electron chi connectivity index (χ2n) is 8.28. The van der Waals surface area contributed by atoms with Crippen molar-refractivity contribution >= 4 is 29.0 Å². The first-order valence-electron chi connectivity index (χ1n) is 10.1. The molecule has 160 valence electrons. The van der Waals surface area contributed by atoms with Crippen LogP contribution in [0.25, 0.3) is 11.3 Å². The molecule has 5 rings (SSSR count). The summed E-state index contributed by atoms with van der Waals surface area (Å²) in [6, 6.07) is 1.63. The number of nitrogens with zero attached hydrogens (tertiary/aromatic N) is 3. The fourth-order valence-corrected chi connectivity index (χ4v) is 5.15. The number of hydrogen-bond donors (Lipinski definition) is 1. The highest BCUT2D eigenvalue weighted by Crippen LogP contribution is 2.48. The Kier molecular flexibility index (Phi) is 5.17. The number of hydrogen-bond acceptors (Lipinski definition) is 7. The Hall–Kier alpha value is -1.80. The van der Waals surface area contributed by atoms with E-state index in [0.717, 1.165) is 39.0 Å². The van der Waals surface area contributed by atoms with Crippen molar-refractivity contribution in [3.8, 4) is 22.8 Å². The SMILES string of the molecule is C[C@H]1CC2(CCN(c3ncc(-c4c(Cl)c(Cl)cc5c4OCO5)nc3CO)CC2)CO1. The number of ether oxygens (including phenoxy) is 3. The Morgan fingerprint density at radius 1 is 1.27 bits per heavy atom. The minimum absolute atomic E-state index is 0.0925. The summed E-state index contributed by atoms with van der Waals surface area (Å²) in [7, 11) is 0. The van der Waals surface area contributed by atoms with Crippen molar-refractivity contribution in [3.63, 3.8) is 0 Å². The molecule has 3 aliphatic heterocycles. The Bertz CT molecular complexity index is 979. The molecule has 0 amide bonds. The summed E-state index contributed by atoms with van der Waals surface area (Å²) >= 11 is 12.7. The number of fused-ring (bicyclic) bond motifs is 1. The highest BCUT2D eigenvalue weighted by molar-refractivity contribution is 6.44. The van der Waals surface area contributed by atoms with E-state index in [1.54, 1.807) is 12.3 Å². The van der Waals surface area contributed by atoms with Crippen molar-refractivity contribution in [3.05, 3.63) is 28.0 Å². The van der Waals surface area contributed by atoms with E-state index in [1.165, 1.54) is 0 Å². The Morgan fingerprint density at radius 3 is 2.77 bits per heavy atom. The van der Waals surface area contributed by atoms with Crippen molar-refractivity contribution in [2.45, 2.75) is 38.9 Å². The second-order valence-corrected chi connectivity index (χ2v) is 9.06. The standard InChI is InChI=1S/C21H23Cl2N3O4/c1-12-7-21(10-28-12)2-4-26(5-3-21)20-15(9-27)25-14(8-24-20)17-18(23)13(22)6-16-19(17)30-11-29-16/h6,8,12,27H,2-5,7,9-11H2,1H3/t12-/m0/s1. The summed E-state index contributed by atoms with van der Waals surface area (Å²) in [6.07, 6.45) is 5.19. The van der Waals surface area contributed by atoms with Gasteiger partial charge >= 0.3 is 0 Å². The molecule has 4 heterocycles. The fraction of sp³-hybridized carbons (Fsp3) is 0.524. The second kappa shape index (κ2) is 7.71. The normalized spacial score (nSPS) is 22.1. The molecule has 1 atom stereocenters. The monoisotopic (exact) mass is 451 g/mol. The van der Waals surface area contributed by atoms with Crippen LogP contribution >= 0.6 is 23.2 Å². The summed E-state index contributed by atoms with van der Waals surface area (Å²) in [4.78, 5) is 11.5. The van der Waals surface area contributed by atoms with Crippen LogP contribution in [0.1, 0.15) is 31.9 Å². The van der Waals surface area contributed by atoms with E-state index in [1.807, 2.05) is 0 Å². The van der Waals surface area contributed by atoms with Gasteiger partial charge in [0.25, 0.3) is 0 Å². The third kappa shape index (κ3) is 3.38. The van der Waals surface area contributed by atoms with Gasteiger partial charge in [0.05, 0.1) is 46.8 Å². The molecule has 0 aliphatic carbocycles. The number of rotatable bonds is 3. The smallest absolute Gasteiger partial charge is 0.231 e. The third-order valence-corrected chi connectivity index (χ3v) is 7.09. The molecule has 9 heteroatoms. The van der Waals surface area contributed by atoms with Crippen LogP contribution in [-0.4, -0.2) is 47.7 Å². The Labute approximate surface area is 184 Å². The van der Waals surface area contributed by atoms with E-state index >= 15 is 0 Å². The maximum atomic E-state index is 10.0. The average Bonchev–Trinajstić information content (AvgIpc) is 3.35. The zero-order valence-corrected chi connectivity index (χ0v) is 18.2. The first-order valence-corrected chi connectivity index (χ1v) is 10.9. The van der Waals surface area contributed by atoms with Gasteiger partial charge in [-0.1, -0.05) is 23.2 Å². The molecule has 7 nitrogen and oxygen atoms in total. The molecule has 30 heavy (non-hydrogen) atoms. The molecule has 1 aromatic carbocycles. The summed E-state index contributed by atoms with van der Waals surface area (Å²) in [5, 5.41) is 10.7. The molecular formula is C21H23Cl2N3O4. The van der Waals surface area contributed by atoms with Gasteiger partial charge in [0.15, 0.2) is 17.3 Å². The predicted molar refractivity (Wildman–Crippen MR) is 113 cm³/mol. The Balaban J connectivity index is 1.44. The summed E-state index contributed by atoms with van der Waals surface area (Å²) in [6.45, 7) is 4.56. The molecular weight excluding hydrogens is 429 g/mol. The van der Waals surface area contributed by atoms with Crippen molar-refractivity contribution in [1.29, 1.82) is 0 Å². The van der Waals surface area contributed by atoms with Crippen LogP contribution in [-0.2, 0) is 11.3 Å². The van der Waals surface area contributed by atoms with Crippen molar-refractivity contribution in [1.82, 2.24) is 9.97 Å². The molecule has 0 saturated carbocycles. The zero-order valence-electron chi connectivity index (χ0n) is 16.7. The van der Waals surface area contributed by atoms with Gasteiger partial charge in [-0.3, -0.25) is 0 Å². The Morgan fingerprint density at radius 2 is 2.07 bits per heavy atom. The maximum absolute atomic E-state index is 10.0. The molecule has 1 aromatic heterocycles. The lowest BCUT2D eigenvalue weighted by Gasteiger charge is -2.39. The van der Waals surface area contributed by atoms with Crippen molar-refractivity contribution in [2.75, 3.05) is 31.4 Å². The van der Waals surface area contributed by atoms with E-state index in [2.05, 4.69) is 21.8 Å². The molecule has 3 aliphatic rings. The predicted octanol–water partition coefficient (Wildman–Crippen LogP) is 4.07. The first kappa shape index (κ1) is 20.1. The van der Waals surface area contributed by atoms with Gasteiger partial charge in [0, 0.05) is 19.2 Å². The lowest BCUT2D eigenvalue weighted by Crippen LogP contribution is -2.41. The van der Waals surface area contributed by atoms with Crippen LogP contribution in [0.2, 0.25) is 10.0 Å². The molecule has 1 N–H and O–H groups in total. The maximum Gasteiger partial charge on any atom is 0.231 e. The molecule has 2 fully saturated rings. The minimum atomic E-state index is -0.226. The van der Waals surface area contributed by atoms with Crippen LogP contribution in [0.5, 0.6) is 11.5 Å². The number of halogens is 2. The summed E-state index contributed by atoms with van der Waals surface area (Å²) in [5.41, 5.74) is 1.79. The highest BCUT2D eigenvalue weighted by atomic mass is 35.5. The number of aliphatic hydroxyl groups excluding tert-OH is 1. The number of aromatic nitrogens is 2. The first-order chi connectivity index (χ1) is 14.5. The lowest BCUT2D eigenvalue weighted by molar-refractivity contribution is 0.0975. The number of benzene rings is 1. The van der Waals surface area contributed by atoms with Crippen molar-refractivity contribution in [2.24, 2.45) is 5.41 Å².